The molecule has 20 heavy (non-hydrogen) atoms. The molecule has 100 valence electrons. The Bertz CT molecular complexity index is 718. The number of anilines is 3. The highest BCUT2D eigenvalue weighted by molar-refractivity contribution is 5.66. The molecule has 0 fully saturated rings. The van der Waals surface area contributed by atoms with Crippen LogP contribution in [0.25, 0.3) is 11.3 Å². The normalized spacial score (nSPS) is 10.4. The van der Waals surface area contributed by atoms with Crippen molar-refractivity contribution in [3.8, 4) is 11.3 Å². The summed E-state index contributed by atoms with van der Waals surface area (Å²) in [5.41, 5.74) is 10.6. The molecule has 0 radical (unpaired) electrons. The molecule has 0 saturated carbocycles. The van der Waals surface area contributed by atoms with Crippen molar-refractivity contribution in [2.75, 3.05) is 11.1 Å². The topological polar surface area (TPSA) is 79.6 Å². The highest BCUT2D eigenvalue weighted by Gasteiger charge is 2.05. The van der Waals surface area contributed by atoms with Gasteiger partial charge in [-0.1, -0.05) is 6.07 Å². The van der Waals surface area contributed by atoms with Crippen LogP contribution in [0.3, 0.4) is 0 Å². The van der Waals surface area contributed by atoms with Crippen molar-refractivity contribution >= 4 is 17.3 Å². The summed E-state index contributed by atoms with van der Waals surface area (Å²) in [7, 11) is 0. The van der Waals surface area contributed by atoms with Gasteiger partial charge in [0.15, 0.2) is 0 Å². The molecule has 3 rings (SSSR count). The van der Waals surface area contributed by atoms with E-state index < -0.39 is 0 Å². The van der Waals surface area contributed by atoms with Crippen LogP contribution in [0.4, 0.5) is 17.3 Å². The number of rotatable bonds is 3. The Balaban J connectivity index is 1.86. The minimum absolute atomic E-state index is 0.686. The van der Waals surface area contributed by atoms with Crippen LogP contribution in [0.1, 0.15) is 5.56 Å². The predicted molar refractivity (Wildman–Crippen MR) is 80.7 cm³/mol. The van der Waals surface area contributed by atoms with Crippen molar-refractivity contribution in [1.29, 1.82) is 0 Å². The third-order valence-electron chi connectivity index (χ3n) is 3.08. The smallest absolute Gasteiger partial charge is 0.205 e. The molecule has 0 atom stereocenters. The molecule has 2 aromatic heterocycles. The second-order valence-corrected chi connectivity index (χ2v) is 4.58. The molecule has 1 aromatic carbocycles. The lowest BCUT2D eigenvalue weighted by molar-refractivity contribution is 1.27. The molecule has 2 heterocycles. The zero-order valence-corrected chi connectivity index (χ0v) is 11.1. The van der Waals surface area contributed by atoms with Gasteiger partial charge in [0.1, 0.15) is 0 Å². The van der Waals surface area contributed by atoms with E-state index >= 15 is 0 Å². The van der Waals surface area contributed by atoms with Crippen LogP contribution >= 0.6 is 0 Å². The van der Waals surface area contributed by atoms with Crippen molar-refractivity contribution in [2.24, 2.45) is 0 Å². The fraction of sp³-hybridized carbons (Fsp3) is 0.0667. The van der Waals surface area contributed by atoms with Crippen LogP contribution in [0.15, 0.2) is 48.9 Å². The number of aromatic amines is 1. The first kappa shape index (κ1) is 12.2. The lowest BCUT2D eigenvalue weighted by atomic mass is 10.2. The lowest BCUT2D eigenvalue weighted by Gasteiger charge is -2.07. The van der Waals surface area contributed by atoms with Crippen LogP contribution in [0.5, 0.6) is 0 Å². The van der Waals surface area contributed by atoms with E-state index in [4.69, 9.17) is 5.73 Å². The molecule has 0 saturated heterocycles. The summed E-state index contributed by atoms with van der Waals surface area (Å²) in [5.74, 6) is 0.686. The van der Waals surface area contributed by atoms with Gasteiger partial charge in [0.25, 0.3) is 0 Å². The van der Waals surface area contributed by atoms with E-state index in [9.17, 15) is 0 Å². The van der Waals surface area contributed by atoms with Gasteiger partial charge < -0.3 is 16.0 Å². The Labute approximate surface area is 116 Å². The summed E-state index contributed by atoms with van der Waals surface area (Å²) in [6.45, 7) is 2.02. The monoisotopic (exact) mass is 265 g/mol. The third-order valence-corrected chi connectivity index (χ3v) is 3.08. The number of imidazole rings is 1. The van der Waals surface area contributed by atoms with Gasteiger partial charge in [0.2, 0.25) is 5.95 Å². The van der Waals surface area contributed by atoms with Crippen molar-refractivity contribution in [3.05, 3.63) is 54.5 Å². The number of nitrogens with two attached hydrogens (primary N) is 1. The van der Waals surface area contributed by atoms with E-state index in [-0.39, 0.29) is 0 Å². The number of hydrogen-bond acceptors (Lipinski definition) is 4. The van der Waals surface area contributed by atoms with E-state index in [0.717, 1.165) is 28.2 Å². The fourth-order valence-corrected chi connectivity index (χ4v) is 1.96. The summed E-state index contributed by atoms with van der Waals surface area (Å²) in [6.07, 6.45) is 5.30. The number of pyridine rings is 1. The summed E-state index contributed by atoms with van der Waals surface area (Å²) in [4.78, 5) is 11.6. The summed E-state index contributed by atoms with van der Waals surface area (Å²) in [6, 6.07) is 9.62. The zero-order valence-electron chi connectivity index (χ0n) is 11.1. The highest BCUT2D eigenvalue weighted by Crippen LogP contribution is 2.23. The molecule has 0 unspecified atom stereocenters. The van der Waals surface area contributed by atoms with Gasteiger partial charge in [-0.05, 0) is 36.8 Å². The largest absolute Gasteiger partial charge is 0.399 e. The van der Waals surface area contributed by atoms with Crippen molar-refractivity contribution in [3.63, 3.8) is 0 Å². The summed E-state index contributed by atoms with van der Waals surface area (Å²) in [5, 5.41) is 3.24. The third kappa shape index (κ3) is 2.47. The first-order chi connectivity index (χ1) is 9.72. The van der Waals surface area contributed by atoms with Crippen LogP contribution in [-0.4, -0.2) is 15.0 Å². The molecule has 0 bridgehead atoms. The minimum atomic E-state index is 0.686. The zero-order chi connectivity index (χ0) is 13.9. The first-order valence-corrected chi connectivity index (χ1v) is 6.31. The number of nitrogen functional groups attached to an aromatic ring is 1. The Morgan fingerprint density at radius 2 is 1.95 bits per heavy atom. The van der Waals surface area contributed by atoms with E-state index in [1.807, 2.05) is 37.3 Å². The van der Waals surface area contributed by atoms with Crippen LogP contribution in [-0.2, 0) is 0 Å². The van der Waals surface area contributed by atoms with Crippen molar-refractivity contribution in [1.82, 2.24) is 15.0 Å². The molecule has 4 N–H and O–H groups in total. The Morgan fingerprint density at radius 1 is 1.15 bits per heavy atom. The van der Waals surface area contributed by atoms with Crippen LogP contribution in [0.2, 0.25) is 0 Å². The molecular formula is C15H15N5. The molecule has 0 aliphatic carbocycles. The molecular weight excluding hydrogens is 250 g/mol. The van der Waals surface area contributed by atoms with Crippen molar-refractivity contribution in [2.45, 2.75) is 6.92 Å². The average molecular weight is 265 g/mol. The average Bonchev–Trinajstić information content (AvgIpc) is 2.92. The molecule has 0 aliphatic heterocycles. The molecule has 5 heteroatoms. The van der Waals surface area contributed by atoms with E-state index in [2.05, 4.69) is 20.3 Å². The second kappa shape index (κ2) is 5.05. The van der Waals surface area contributed by atoms with Crippen molar-refractivity contribution < 1.29 is 0 Å². The fourth-order valence-electron chi connectivity index (χ4n) is 1.96. The number of aryl methyl sites for hydroxylation is 1. The van der Waals surface area contributed by atoms with Gasteiger partial charge in [0, 0.05) is 29.3 Å². The van der Waals surface area contributed by atoms with Gasteiger partial charge in [-0.15, -0.1) is 0 Å². The lowest BCUT2D eigenvalue weighted by Crippen LogP contribution is -1.96. The number of aromatic nitrogens is 3. The SMILES string of the molecule is Cc1ccc(N)cc1Nc1ncc(-c2ccncc2)[nH]1. The predicted octanol–water partition coefficient (Wildman–Crippen LogP) is 3.11. The van der Waals surface area contributed by atoms with Gasteiger partial charge in [-0.2, -0.15) is 0 Å². The Kier molecular flexibility index (Phi) is 3.09. The molecule has 0 amide bonds. The van der Waals surface area contributed by atoms with Crippen LogP contribution < -0.4 is 11.1 Å². The quantitative estimate of drug-likeness (QED) is 0.636. The Hall–Kier alpha value is -2.82. The van der Waals surface area contributed by atoms with Crippen LogP contribution in [0, 0.1) is 6.92 Å². The van der Waals surface area contributed by atoms with Gasteiger partial charge >= 0.3 is 0 Å². The standard InChI is InChI=1S/C15H15N5/c1-10-2-3-12(16)8-13(10)19-15-18-9-14(20-15)11-4-6-17-7-5-11/h2-9H,16H2,1H3,(H2,18,19,20). The second-order valence-electron chi connectivity index (χ2n) is 4.58. The molecule has 0 spiro atoms. The molecule has 3 aromatic rings. The summed E-state index contributed by atoms with van der Waals surface area (Å²) >= 11 is 0. The number of nitrogens with one attached hydrogen (secondary N) is 2. The van der Waals surface area contributed by atoms with Gasteiger partial charge in [-0.25, -0.2) is 4.98 Å². The van der Waals surface area contributed by atoms with Gasteiger partial charge in [0.05, 0.1) is 11.9 Å². The molecule has 0 aliphatic rings. The number of H-pyrrole nitrogens is 1. The minimum Gasteiger partial charge on any atom is -0.399 e. The Morgan fingerprint density at radius 3 is 2.75 bits per heavy atom. The number of nitrogens with zero attached hydrogens (tertiary/aromatic N) is 2. The highest BCUT2D eigenvalue weighted by atomic mass is 15.1. The number of hydrogen-bond donors (Lipinski definition) is 3. The summed E-state index contributed by atoms with van der Waals surface area (Å²) < 4.78 is 0. The van der Waals surface area contributed by atoms with E-state index in [1.54, 1.807) is 18.6 Å². The molecule has 5 nitrogen and oxygen atoms in total. The maximum Gasteiger partial charge on any atom is 0.205 e. The number of benzene rings is 1. The van der Waals surface area contributed by atoms with Gasteiger partial charge in [-0.3, -0.25) is 4.98 Å². The van der Waals surface area contributed by atoms with E-state index in [0.29, 0.717) is 5.95 Å². The first-order valence-electron chi connectivity index (χ1n) is 6.31. The van der Waals surface area contributed by atoms with E-state index in [1.165, 1.54) is 0 Å². The maximum absolute atomic E-state index is 5.80. The maximum atomic E-state index is 5.80.